The molecule has 1 N–H and O–H groups in total. The number of ether oxygens (including phenoxy) is 1. The Balaban J connectivity index is 2.73. The highest BCUT2D eigenvalue weighted by atomic mass is 16.6. The minimum absolute atomic E-state index is 0.179. The molecule has 0 fully saturated rings. The van der Waals surface area contributed by atoms with Crippen LogP contribution in [-0.4, -0.2) is 23.1 Å². The lowest BCUT2D eigenvalue weighted by molar-refractivity contribution is -0.169. The Kier molecular flexibility index (Phi) is 4.48. The van der Waals surface area contributed by atoms with Gasteiger partial charge in [0.05, 0.1) is 5.41 Å². The number of benzene rings is 1. The zero-order valence-corrected chi connectivity index (χ0v) is 10.8. The maximum absolute atomic E-state index is 11.7. The van der Waals surface area contributed by atoms with E-state index in [0.717, 1.165) is 5.56 Å². The molecule has 1 atom stereocenters. The lowest BCUT2D eigenvalue weighted by atomic mass is 9.97. The minimum atomic E-state index is -1.14. The van der Waals surface area contributed by atoms with Crippen molar-refractivity contribution in [3.05, 3.63) is 35.9 Å². The molecule has 0 heterocycles. The van der Waals surface area contributed by atoms with E-state index in [1.165, 1.54) is 0 Å². The topological polar surface area (TPSA) is 63.6 Å². The van der Waals surface area contributed by atoms with Crippen LogP contribution in [0.25, 0.3) is 0 Å². The van der Waals surface area contributed by atoms with Crippen LogP contribution in [0.15, 0.2) is 30.3 Å². The van der Waals surface area contributed by atoms with Gasteiger partial charge in [-0.1, -0.05) is 30.3 Å². The van der Waals surface area contributed by atoms with Crippen LogP contribution in [0.1, 0.15) is 26.3 Å². The Labute approximate surface area is 107 Å². The molecule has 0 bridgehead atoms. The van der Waals surface area contributed by atoms with Crippen LogP contribution in [-0.2, 0) is 20.7 Å². The van der Waals surface area contributed by atoms with E-state index in [-0.39, 0.29) is 6.42 Å². The van der Waals surface area contributed by atoms with Crippen molar-refractivity contribution < 1.29 is 19.4 Å². The predicted octanol–water partition coefficient (Wildman–Crippen LogP) is 2.27. The highest BCUT2D eigenvalue weighted by molar-refractivity contribution is 5.81. The second kappa shape index (κ2) is 5.67. The van der Waals surface area contributed by atoms with Gasteiger partial charge in [-0.3, -0.25) is 4.79 Å². The molecule has 98 valence electrons. The van der Waals surface area contributed by atoms with E-state index in [9.17, 15) is 9.59 Å². The molecule has 0 aliphatic carbocycles. The molecule has 1 aromatic rings. The number of carbonyl (C=O) groups is 2. The largest absolute Gasteiger partial charge is 0.478 e. The highest BCUT2D eigenvalue weighted by Gasteiger charge is 2.29. The first kappa shape index (κ1) is 14.2. The summed E-state index contributed by atoms with van der Waals surface area (Å²) in [6, 6.07) is 9.10. The fraction of sp³-hybridized carbons (Fsp3) is 0.429. The molecule has 0 aliphatic rings. The molecule has 18 heavy (non-hydrogen) atoms. The average Bonchev–Trinajstić information content (AvgIpc) is 2.28. The van der Waals surface area contributed by atoms with E-state index in [1.54, 1.807) is 32.9 Å². The summed E-state index contributed by atoms with van der Waals surface area (Å²) in [5.74, 6) is -1.64. The molecule has 4 heteroatoms. The normalized spacial score (nSPS) is 12.8. The van der Waals surface area contributed by atoms with Crippen molar-refractivity contribution >= 4 is 11.9 Å². The zero-order valence-electron chi connectivity index (χ0n) is 10.8. The quantitative estimate of drug-likeness (QED) is 0.833. The van der Waals surface area contributed by atoms with Gasteiger partial charge in [-0.15, -0.1) is 0 Å². The molecule has 0 amide bonds. The molecule has 1 rings (SSSR count). The number of carboxylic acids is 1. The van der Waals surface area contributed by atoms with Crippen molar-refractivity contribution in [2.75, 3.05) is 0 Å². The molecule has 0 saturated heterocycles. The maximum atomic E-state index is 11.7. The molecule has 0 radical (unpaired) electrons. The van der Waals surface area contributed by atoms with Crippen molar-refractivity contribution in [1.82, 2.24) is 0 Å². The number of esters is 1. The van der Waals surface area contributed by atoms with Crippen LogP contribution in [0.5, 0.6) is 0 Å². The summed E-state index contributed by atoms with van der Waals surface area (Å²) in [5.41, 5.74) is 0.122. The number of rotatable bonds is 4. The Bertz CT molecular complexity index is 417. The van der Waals surface area contributed by atoms with Crippen LogP contribution < -0.4 is 0 Å². The van der Waals surface area contributed by atoms with Gasteiger partial charge >= 0.3 is 11.9 Å². The third kappa shape index (κ3) is 4.20. The van der Waals surface area contributed by atoms with Gasteiger partial charge in [-0.25, -0.2) is 4.79 Å². The summed E-state index contributed by atoms with van der Waals surface area (Å²) < 4.78 is 5.04. The van der Waals surface area contributed by atoms with E-state index >= 15 is 0 Å². The minimum Gasteiger partial charge on any atom is -0.478 e. The molecular weight excluding hydrogens is 232 g/mol. The molecule has 1 aromatic carbocycles. The molecule has 0 spiro atoms. The Morgan fingerprint density at radius 3 is 2.22 bits per heavy atom. The summed E-state index contributed by atoms with van der Waals surface area (Å²) >= 11 is 0. The molecule has 1 unspecified atom stereocenters. The summed E-state index contributed by atoms with van der Waals surface area (Å²) in [6.45, 7) is 5.07. The van der Waals surface area contributed by atoms with Crippen LogP contribution >= 0.6 is 0 Å². The van der Waals surface area contributed by atoms with E-state index in [2.05, 4.69) is 0 Å². The first-order chi connectivity index (χ1) is 8.30. The van der Waals surface area contributed by atoms with Gasteiger partial charge in [-0.05, 0) is 26.3 Å². The van der Waals surface area contributed by atoms with Crippen LogP contribution in [0.2, 0.25) is 0 Å². The number of hydrogen-bond acceptors (Lipinski definition) is 3. The van der Waals surface area contributed by atoms with Crippen molar-refractivity contribution in [2.24, 2.45) is 5.41 Å². The molecule has 0 aromatic heterocycles. The molecule has 0 saturated carbocycles. The number of carboxylic acid groups (broad SMARTS) is 1. The Hall–Kier alpha value is -1.84. The second-order valence-corrected chi connectivity index (χ2v) is 5.17. The lowest BCUT2D eigenvalue weighted by Gasteiger charge is -2.20. The maximum Gasteiger partial charge on any atom is 0.345 e. The first-order valence-electron chi connectivity index (χ1n) is 5.78. The van der Waals surface area contributed by atoms with Gasteiger partial charge in [0.15, 0.2) is 0 Å². The number of aliphatic carboxylic acids is 1. The fourth-order valence-electron chi connectivity index (χ4n) is 1.31. The zero-order chi connectivity index (χ0) is 13.8. The standard InChI is InChI=1S/C14H18O4/c1-14(2,3)13(17)18-11(12(15)16)9-10-7-5-4-6-8-10/h4-8,11H,9H2,1-3H3,(H,15,16). The van der Waals surface area contributed by atoms with Gasteiger partial charge in [0.2, 0.25) is 6.10 Å². The number of carbonyl (C=O) groups excluding carboxylic acids is 1. The van der Waals surface area contributed by atoms with Crippen molar-refractivity contribution in [3.8, 4) is 0 Å². The third-order valence-corrected chi connectivity index (χ3v) is 2.40. The summed E-state index contributed by atoms with van der Waals surface area (Å²) in [5, 5.41) is 9.07. The van der Waals surface area contributed by atoms with E-state index in [4.69, 9.17) is 9.84 Å². The predicted molar refractivity (Wildman–Crippen MR) is 67.1 cm³/mol. The molecular formula is C14H18O4. The SMILES string of the molecule is CC(C)(C)C(=O)OC(Cc1ccccc1)C(=O)O. The van der Waals surface area contributed by atoms with Gasteiger partial charge < -0.3 is 9.84 Å². The van der Waals surface area contributed by atoms with Crippen LogP contribution in [0.3, 0.4) is 0 Å². The van der Waals surface area contributed by atoms with Gasteiger partial charge in [0.1, 0.15) is 0 Å². The lowest BCUT2D eigenvalue weighted by Crippen LogP contribution is -2.34. The van der Waals surface area contributed by atoms with Crippen LogP contribution in [0, 0.1) is 5.41 Å². The first-order valence-corrected chi connectivity index (χ1v) is 5.78. The third-order valence-electron chi connectivity index (χ3n) is 2.40. The molecule has 4 nitrogen and oxygen atoms in total. The smallest absolute Gasteiger partial charge is 0.345 e. The summed E-state index contributed by atoms with van der Waals surface area (Å²) in [6.07, 6.45) is -0.961. The summed E-state index contributed by atoms with van der Waals surface area (Å²) in [7, 11) is 0. The average molecular weight is 250 g/mol. The van der Waals surface area contributed by atoms with E-state index in [1.807, 2.05) is 18.2 Å². The van der Waals surface area contributed by atoms with Gasteiger partial charge in [0, 0.05) is 6.42 Å². The van der Waals surface area contributed by atoms with E-state index in [0.29, 0.717) is 0 Å². The highest BCUT2D eigenvalue weighted by Crippen LogP contribution is 2.18. The van der Waals surface area contributed by atoms with Gasteiger partial charge in [-0.2, -0.15) is 0 Å². The Morgan fingerprint density at radius 2 is 1.78 bits per heavy atom. The fourth-order valence-corrected chi connectivity index (χ4v) is 1.31. The summed E-state index contributed by atoms with van der Waals surface area (Å²) in [4.78, 5) is 22.8. The van der Waals surface area contributed by atoms with Crippen LogP contribution in [0.4, 0.5) is 0 Å². The Morgan fingerprint density at radius 1 is 1.22 bits per heavy atom. The van der Waals surface area contributed by atoms with Crippen molar-refractivity contribution in [2.45, 2.75) is 33.3 Å². The second-order valence-electron chi connectivity index (χ2n) is 5.17. The monoisotopic (exact) mass is 250 g/mol. The number of hydrogen-bond donors (Lipinski definition) is 1. The van der Waals surface area contributed by atoms with Gasteiger partial charge in [0.25, 0.3) is 0 Å². The van der Waals surface area contributed by atoms with Crippen molar-refractivity contribution in [1.29, 1.82) is 0 Å². The van der Waals surface area contributed by atoms with Crippen molar-refractivity contribution in [3.63, 3.8) is 0 Å². The van der Waals surface area contributed by atoms with E-state index < -0.39 is 23.5 Å². The molecule has 0 aliphatic heterocycles.